The molecule has 7 heteroatoms. The van der Waals surface area contributed by atoms with Crippen molar-refractivity contribution >= 4 is 33.2 Å². The molecule has 2 aromatic carbocycles. The number of phenolic OH excluding ortho intramolecular Hbond substituents is 1. The Balaban J connectivity index is 2.22. The third kappa shape index (κ3) is 4.04. The van der Waals surface area contributed by atoms with Crippen LogP contribution in [0.1, 0.15) is 11.1 Å². The number of aromatic hydroxyl groups is 1. The first-order valence-electron chi connectivity index (χ1n) is 5.85. The van der Waals surface area contributed by atoms with Gasteiger partial charge in [-0.1, -0.05) is 11.6 Å². The quantitative estimate of drug-likeness (QED) is 0.743. The molecule has 0 amide bonds. The van der Waals surface area contributed by atoms with E-state index >= 15 is 0 Å². The third-order valence-electron chi connectivity index (χ3n) is 2.80. The van der Waals surface area contributed by atoms with Crippen LogP contribution < -0.4 is 5.32 Å². The Labute approximate surface area is 132 Å². The highest BCUT2D eigenvalue weighted by Crippen LogP contribution is 2.34. The average molecular weight is 381 g/mol. The summed E-state index contributed by atoms with van der Waals surface area (Å²) in [4.78, 5) is 0. The minimum Gasteiger partial charge on any atom is -0.508 e. The SMILES string of the molecule is Oc1ccc(Cl)cc1CNc1cc(C(F)(F)F)ccc1Br. The molecule has 0 bridgehead atoms. The summed E-state index contributed by atoms with van der Waals surface area (Å²) in [5, 5.41) is 13.0. The van der Waals surface area contributed by atoms with Crippen LogP contribution in [0.15, 0.2) is 40.9 Å². The van der Waals surface area contributed by atoms with Gasteiger partial charge in [-0.25, -0.2) is 0 Å². The Bertz CT molecular complexity index is 661. The molecule has 0 aliphatic carbocycles. The van der Waals surface area contributed by atoms with E-state index in [1.165, 1.54) is 18.2 Å². The molecule has 0 aliphatic heterocycles. The number of rotatable bonds is 3. The largest absolute Gasteiger partial charge is 0.508 e. The van der Waals surface area contributed by atoms with Crippen molar-refractivity contribution < 1.29 is 18.3 Å². The molecule has 2 N–H and O–H groups in total. The second-order valence-electron chi connectivity index (χ2n) is 4.32. The molecule has 112 valence electrons. The van der Waals surface area contributed by atoms with Gasteiger partial charge >= 0.3 is 6.18 Å². The van der Waals surface area contributed by atoms with Crippen molar-refractivity contribution in [3.63, 3.8) is 0 Å². The Morgan fingerprint density at radius 2 is 1.86 bits per heavy atom. The summed E-state index contributed by atoms with van der Waals surface area (Å²) < 4.78 is 38.5. The van der Waals surface area contributed by atoms with Gasteiger partial charge in [0.15, 0.2) is 0 Å². The van der Waals surface area contributed by atoms with E-state index in [4.69, 9.17) is 11.6 Å². The standard InChI is InChI=1S/C14H10BrClF3NO/c15-11-3-1-9(14(17,18)19)6-12(11)20-7-8-5-10(16)2-4-13(8)21/h1-6,20-21H,7H2. The first kappa shape index (κ1) is 16.0. The van der Waals surface area contributed by atoms with Gasteiger partial charge in [0.05, 0.1) is 5.56 Å². The summed E-state index contributed by atoms with van der Waals surface area (Å²) in [6.45, 7) is 0.145. The summed E-state index contributed by atoms with van der Waals surface area (Å²) in [5.41, 5.74) is 0.0273. The van der Waals surface area contributed by atoms with Crippen LogP contribution in [0.25, 0.3) is 0 Å². The van der Waals surface area contributed by atoms with E-state index < -0.39 is 11.7 Å². The van der Waals surface area contributed by atoms with Crippen molar-refractivity contribution in [2.75, 3.05) is 5.32 Å². The molecular formula is C14H10BrClF3NO. The Kier molecular flexibility index (Phi) is 4.68. The normalized spacial score (nSPS) is 11.5. The molecule has 2 aromatic rings. The van der Waals surface area contributed by atoms with Gasteiger partial charge in [-0.3, -0.25) is 0 Å². The van der Waals surface area contributed by atoms with Crippen molar-refractivity contribution in [3.05, 3.63) is 57.0 Å². The number of benzene rings is 2. The third-order valence-corrected chi connectivity index (χ3v) is 3.73. The first-order valence-corrected chi connectivity index (χ1v) is 7.02. The van der Waals surface area contributed by atoms with Gasteiger partial charge in [-0.05, 0) is 52.3 Å². The zero-order valence-corrected chi connectivity index (χ0v) is 12.9. The van der Waals surface area contributed by atoms with E-state index in [2.05, 4.69) is 21.2 Å². The molecule has 2 nitrogen and oxygen atoms in total. The van der Waals surface area contributed by atoms with Crippen molar-refractivity contribution in [2.45, 2.75) is 12.7 Å². The van der Waals surface area contributed by atoms with Gasteiger partial charge in [0.2, 0.25) is 0 Å². The van der Waals surface area contributed by atoms with Crippen molar-refractivity contribution in [3.8, 4) is 5.75 Å². The Hall–Kier alpha value is -1.40. The van der Waals surface area contributed by atoms with Crippen LogP contribution in [0.3, 0.4) is 0 Å². The van der Waals surface area contributed by atoms with E-state index in [1.807, 2.05) is 0 Å². The molecule has 2 rings (SSSR count). The Morgan fingerprint density at radius 3 is 2.52 bits per heavy atom. The predicted octanol–water partition coefficient (Wildman–Crippen LogP) is 5.44. The zero-order valence-electron chi connectivity index (χ0n) is 10.5. The molecule has 0 heterocycles. The van der Waals surface area contributed by atoms with Gasteiger partial charge in [-0.2, -0.15) is 13.2 Å². The number of anilines is 1. The van der Waals surface area contributed by atoms with Gasteiger partial charge in [-0.15, -0.1) is 0 Å². The number of halogens is 5. The molecule has 0 saturated carbocycles. The van der Waals surface area contributed by atoms with E-state index in [0.29, 0.717) is 15.1 Å². The molecule has 0 aliphatic rings. The molecule has 0 aromatic heterocycles. The lowest BCUT2D eigenvalue weighted by Gasteiger charge is -2.13. The number of nitrogens with one attached hydrogen (secondary N) is 1. The second-order valence-corrected chi connectivity index (χ2v) is 5.61. The average Bonchev–Trinajstić information content (AvgIpc) is 2.40. The van der Waals surface area contributed by atoms with Crippen LogP contribution in [0.2, 0.25) is 5.02 Å². The number of hydrogen-bond acceptors (Lipinski definition) is 2. The van der Waals surface area contributed by atoms with Crippen LogP contribution in [0, 0.1) is 0 Å². The van der Waals surface area contributed by atoms with Crippen LogP contribution in [0.4, 0.5) is 18.9 Å². The topological polar surface area (TPSA) is 32.3 Å². The highest BCUT2D eigenvalue weighted by molar-refractivity contribution is 9.10. The summed E-state index contributed by atoms with van der Waals surface area (Å²) >= 11 is 9.00. The molecule has 0 radical (unpaired) electrons. The summed E-state index contributed by atoms with van der Waals surface area (Å²) in [5.74, 6) is 0.0231. The lowest BCUT2D eigenvalue weighted by Crippen LogP contribution is -2.07. The Morgan fingerprint density at radius 1 is 1.14 bits per heavy atom. The lowest BCUT2D eigenvalue weighted by atomic mass is 10.1. The van der Waals surface area contributed by atoms with Crippen molar-refractivity contribution in [1.29, 1.82) is 0 Å². The summed E-state index contributed by atoms with van der Waals surface area (Å²) in [6.07, 6.45) is -4.41. The highest BCUT2D eigenvalue weighted by atomic mass is 79.9. The summed E-state index contributed by atoms with van der Waals surface area (Å²) in [6, 6.07) is 7.83. The minimum atomic E-state index is -4.41. The van der Waals surface area contributed by atoms with Crippen LogP contribution in [-0.4, -0.2) is 5.11 Å². The molecular weight excluding hydrogens is 371 g/mol. The molecule has 21 heavy (non-hydrogen) atoms. The van der Waals surface area contributed by atoms with Crippen molar-refractivity contribution in [2.24, 2.45) is 0 Å². The van der Waals surface area contributed by atoms with Gasteiger partial charge in [0.25, 0.3) is 0 Å². The van der Waals surface area contributed by atoms with E-state index in [-0.39, 0.29) is 18.0 Å². The van der Waals surface area contributed by atoms with E-state index in [1.54, 1.807) is 6.07 Å². The molecule has 0 unspecified atom stereocenters. The smallest absolute Gasteiger partial charge is 0.416 e. The molecule has 0 fully saturated rings. The second kappa shape index (κ2) is 6.15. The lowest BCUT2D eigenvalue weighted by molar-refractivity contribution is -0.137. The first-order chi connectivity index (χ1) is 9.77. The molecule has 0 atom stereocenters. The monoisotopic (exact) mass is 379 g/mol. The maximum Gasteiger partial charge on any atom is 0.416 e. The predicted molar refractivity (Wildman–Crippen MR) is 79.6 cm³/mol. The van der Waals surface area contributed by atoms with Crippen LogP contribution >= 0.6 is 27.5 Å². The van der Waals surface area contributed by atoms with E-state index in [0.717, 1.165) is 12.1 Å². The molecule has 0 spiro atoms. The number of phenols is 1. The maximum atomic E-state index is 12.7. The van der Waals surface area contributed by atoms with Gasteiger partial charge < -0.3 is 10.4 Å². The van der Waals surface area contributed by atoms with Gasteiger partial charge in [0, 0.05) is 27.3 Å². The van der Waals surface area contributed by atoms with Crippen LogP contribution in [0.5, 0.6) is 5.75 Å². The fourth-order valence-electron chi connectivity index (χ4n) is 1.72. The van der Waals surface area contributed by atoms with Gasteiger partial charge in [0.1, 0.15) is 5.75 Å². The highest BCUT2D eigenvalue weighted by Gasteiger charge is 2.30. The fraction of sp³-hybridized carbons (Fsp3) is 0.143. The number of hydrogen-bond donors (Lipinski definition) is 2. The van der Waals surface area contributed by atoms with Crippen molar-refractivity contribution in [1.82, 2.24) is 0 Å². The van der Waals surface area contributed by atoms with Crippen LogP contribution in [-0.2, 0) is 12.7 Å². The fourth-order valence-corrected chi connectivity index (χ4v) is 2.30. The summed E-state index contributed by atoms with van der Waals surface area (Å²) in [7, 11) is 0. The number of alkyl halides is 3. The maximum absolute atomic E-state index is 12.7. The van der Waals surface area contributed by atoms with E-state index in [9.17, 15) is 18.3 Å². The molecule has 0 saturated heterocycles. The zero-order chi connectivity index (χ0) is 15.6. The minimum absolute atomic E-state index is 0.0231.